The van der Waals surface area contributed by atoms with Crippen LogP contribution in [0.3, 0.4) is 0 Å². The van der Waals surface area contributed by atoms with Gasteiger partial charge in [-0.15, -0.1) is 0 Å². The number of benzene rings is 1. The maximum Gasteiger partial charge on any atom is 0.224 e. The van der Waals surface area contributed by atoms with Crippen LogP contribution in [0.25, 0.3) is 0 Å². The second-order valence-corrected chi connectivity index (χ2v) is 10.0. The van der Waals surface area contributed by atoms with Gasteiger partial charge in [-0.05, 0) is 44.1 Å². The third-order valence-electron chi connectivity index (χ3n) is 5.81. The summed E-state index contributed by atoms with van der Waals surface area (Å²) in [5, 5.41) is 3.16. The summed E-state index contributed by atoms with van der Waals surface area (Å²) < 4.78 is 27.0. The number of carbonyl (C=O) groups is 1. The summed E-state index contributed by atoms with van der Waals surface area (Å²) in [4.78, 5) is 12.6. The fourth-order valence-electron chi connectivity index (χ4n) is 4.21. The van der Waals surface area contributed by atoms with Crippen LogP contribution in [-0.2, 0) is 21.2 Å². The molecule has 1 heterocycles. The summed E-state index contributed by atoms with van der Waals surface area (Å²) in [6, 6.07) is 10.3. The monoisotopic (exact) mass is 392 g/mol. The van der Waals surface area contributed by atoms with E-state index in [-0.39, 0.29) is 23.6 Å². The van der Waals surface area contributed by atoms with Crippen LogP contribution >= 0.6 is 0 Å². The molecule has 1 aliphatic carbocycles. The molecule has 1 amide bonds. The summed E-state index contributed by atoms with van der Waals surface area (Å²) in [7, 11) is -3.30. The molecular formula is C21H32N2O3S. The standard InChI is InChI=1S/C21H32N2O3S/c24-21(22-20-13-5-2-6-14-20)19-12-7-15-23(17-19)27(25,26)16-8-11-18-9-3-1-4-10-18/h1,3-4,9-10,19-20H,2,5-8,11-17H2,(H,22,24)/t19-/m0/s1. The van der Waals surface area contributed by atoms with E-state index < -0.39 is 10.0 Å². The molecule has 0 spiro atoms. The third kappa shape index (κ3) is 6.04. The van der Waals surface area contributed by atoms with Gasteiger partial charge in [0.05, 0.1) is 11.7 Å². The Morgan fingerprint density at radius 2 is 1.78 bits per heavy atom. The Morgan fingerprint density at radius 1 is 1.04 bits per heavy atom. The summed E-state index contributed by atoms with van der Waals surface area (Å²) in [6.07, 6.45) is 8.65. The number of amides is 1. The third-order valence-corrected chi connectivity index (χ3v) is 7.73. The maximum absolute atomic E-state index is 12.7. The van der Waals surface area contributed by atoms with E-state index in [0.29, 0.717) is 19.5 Å². The zero-order valence-corrected chi connectivity index (χ0v) is 16.9. The van der Waals surface area contributed by atoms with Gasteiger partial charge in [0.2, 0.25) is 15.9 Å². The van der Waals surface area contributed by atoms with Crippen molar-refractivity contribution in [1.82, 2.24) is 9.62 Å². The van der Waals surface area contributed by atoms with Gasteiger partial charge in [-0.1, -0.05) is 49.6 Å². The second-order valence-electron chi connectivity index (χ2n) is 7.95. The van der Waals surface area contributed by atoms with Crippen molar-refractivity contribution in [2.45, 2.75) is 63.8 Å². The van der Waals surface area contributed by atoms with Crippen molar-refractivity contribution in [3.05, 3.63) is 35.9 Å². The van der Waals surface area contributed by atoms with Gasteiger partial charge in [-0.3, -0.25) is 4.79 Å². The molecule has 1 saturated heterocycles. The van der Waals surface area contributed by atoms with E-state index in [1.807, 2.05) is 30.3 Å². The van der Waals surface area contributed by atoms with Gasteiger partial charge in [-0.25, -0.2) is 12.7 Å². The van der Waals surface area contributed by atoms with Gasteiger partial charge >= 0.3 is 0 Å². The molecule has 1 saturated carbocycles. The lowest BCUT2D eigenvalue weighted by Gasteiger charge is -2.32. The van der Waals surface area contributed by atoms with E-state index in [4.69, 9.17) is 0 Å². The number of carbonyl (C=O) groups excluding carboxylic acids is 1. The van der Waals surface area contributed by atoms with E-state index in [2.05, 4.69) is 5.32 Å². The van der Waals surface area contributed by atoms with E-state index in [0.717, 1.165) is 37.7 Å². The first-order valence-corrected chi connectivity index (χ1v) is 12.0. The minimum Gasteiger partial charge on any atom is -0.353 e. The molecule has 6 heteroatoms. The molecule has 1 N–H and O–H groups in total. The molecule has 27 heavy (non-hydrogen) atoms. The molecule has 0 radical (unpaired) electrons. The summed E-state index contributed by atoms with van der Waals surface area (Å²) in [5.41, 5.74) is 1.16. The second kappa shape index (κ2) is 9.69. The van der Waals surface area contributed by atoms with Crippen LogP contribution < -0.4 is 5.32 Å². The molecule has 0 bridgehead atoms. The fourth-order valence-corrected chi connectivity index (χ4v) is 5.79. The number of nitrogens with one attached hydrogen (secondary N) is 1. The van der Waals surface area contributed by atoms with Gasteiger partial charge in [0.1, 0.15) is 0 Å². The Balaban J connectivity index is 1.49. The summed E-state index contributed by atoms with van der Waals surface area (Å²) in [5.74, 6) is -0.00515. The van der Waals surface area contributed by atoms with Crippen LogP contribution in [0.1, 0.15) is 56.9 Å². The van der Waals surface area contributed by atoms with Crippen LogP contribution in [0.5, 0.6) is 0 Å². The highest BCUT2D eigenvalue weighted by molar-refractivity contribution is 7.89. The lowest BCUT2D eigenvalue weighted by molar-refractivity contribution is -0.127. The lowest BCUT2D eigenvalue weighted by atomic mass is 9.93. The molecule has 1 aromatic carbocycles. The van der Waals surface area contributed by atoms with Crippen molar-refractivity contribution in [3.8, 4) is 0 Å². The van der Waals surface area contributed by atoms with Crippen molar-refractivity contribution in [2.24, 2.45) is 5.92 Å². The molecule has 3 rings (SSSR count). The number of sulfonamides is 1. The molecule has 0 aromatic heterocycles. The first-order valence-electron chi connectivity index (χ1n) is 10.4. The Morgan fingerprint density at radius 3 is 2.52 bits per heavy atom. The minimum absolute atomic E-state index is 0.0473. The molecule has 5 nitrogen and oxygen atoms in total. The molecule has 1 aliphatic heterocycles. The molecule has 2 aliphatic rings. The predicted molar refractivity (Wildman–Crippen MR) is 108 cm³/mol. The average molecular weight is 393 g/mol. The highest BCUT2D eigenvalue weighted by Crippen LogP contribution is 2.22. The van der Waals surface area contributed by atoms with Gasteiger partial charge < -0.3 is 5.32 Å². The van der Waals surface area contributed by atoms with Gasteiger partial charge in [0.15, 0.2) is 0 Å². The number of nitrogens with zero attached hydrogens (tertiary/aromatic N) is 1. The van der Waals surface area contributed by atoms with Gasteiger partial charge in [0.25, 0.3) is 0 Å². The van der Waals surface area contributed by atoms with E-state index in [9.17, 15) is 13.2 Å². The normalized spacial score (nSPS) is 22.4. The lowest BCUT2D eigenvalue weighted by Crippen LogP contribution is -2.48. The highest BCUT2D eigenvalue weighted by atomic mass is 32.2. The Kier molecular flexibility index (Phi) is 7.30. The van der Waals surface area contributed by atoms with Crippen LogP contribution in [0.15, 0.2) is 30.3 Å². The molecule has 0 unspecified atom stereocenters. The van der Waals surface area contributed by atoms with Crippen molar-refractivity contribution >= 4 is 15.9 Å². The van der Waals surface area contributed by atoms with Crippen LogP contribution in [-0.4, -0.2) is 43.5 Å². The summed E-state index contributed by atoms with van der Waals surface area (Å²) >= 11 is 0. The smallest absolute Gasteiger partial charge is 0.224 e. The zero-order chi connectivity index (χ0) is 19.1. The summed E-state index contributed by atoms with van der Waals surface area (Å²) in [6.45, 7) is 0.882. The largest absolute Gasteiger partial charge is 0.353 e. The minimum atomic E-state index is -3.30. The quantitative estimate of drug-likeness (QED) is 0.775. The van der Waals surface area contributed by atoms with Crippen molar-refractivity contribution < 1.29 is 13.2 Å². The highest BCUT2D eigenvalue weighted by Gasteiger charge is 2.32. The van der Waals surface area contributed by atoms with Gasteiger partial charge in [-0.2, -0.15) is 0 Å². The first kappa shape index (κ1) is 20.3. The number of hydrogen-bond donors (Lipinski definition) is 1. The van der Waals surface area contributed by atoms with Crippen LogP contribution in [0.4, 0.5) is 0 Å². The molecule has 2 fully saturated rings. The maximum atomic E-state index is 12.7. The van der Waals surface area contributed by atoms with Crippen LogP contribution in [0.2, 0.25) is 0 Å². The number of aryl methyl sites for hydroxylation is 1. The molecule has 150 valence electrons. The van der Waals surface area contributed by atoms with Crippen molar-refractivity contribution in [3.63, 3.8) is 0 Å². The number of rotatable bonds is 7. The first-order chi connectivity index (χ1) is 13.0. The number of piperidine rings is 1. The van der Waals surface area contributed by atoms with Gasteiger partial charge in [0, 0.05) is 19.1 Å². The van der Waals surface area contributed by atoms with Crippen molar-refractivity contribution in [1.29, 1.82) is 0 Å². The Labute approximate surface area is 163 Å². The predicted octanol–water partition coefficient (Wildman–Crippen LogP) is 3.11. The fraction of sp³-hybridized carbons (Fsp3) is 0.667. The van der Waals surface area contributed by atoms with Crippen molar-refractivity contribution in [2.75, 3.05) is 18.8 Å². The Bertz CT molecular complexity index is 699. The molecule has 1 aromatic rings. The van der Waals surface area contributed by atoms with E-state index in [1.165, 1.54) is 19.3 Å². The molecular weight excluding hydrogens is 360 g/mol. The van der Waals surface area contributed by atoms with E-state index >= 15 is 0 Å². The SMILES string of the molecule is O=C(NC1CCCCC1)[C@H]1CCCN(S(=O)(=O)CCCc2ccccc2)C1. The van der Waals surface area contributed by atoms with Crippen LogP contribution in [0, 0.1) is 5.92 Å². The topological polar surface area (TPSA) is 66.5 Å². The average Bonchev–Trinajstić information content (AvgIpc) is 2.69. The number of hydrogen-bond acceptors (Lipinski definition) is 3. The zero-order valence-electron chi connectivity index (χ0n) is 16.1. The Hall–Kier alpha value is -1.40. The molecule has 1 atom stereocenters. The van der Waals surface area contributed by atoms with E-state index in [1.54, 1.807) is 4.31 Å².